The number of aromatic nitrogens is 1. The van der Waals surface area contributed by atoms with E-state index < -0.39 is 7.92 Å². The van der Waals surface area contributed by atoms with E-state index in [9.17, 15) is 0 Å². The topological polar surface area (TPSA) is 4.93 Å². The summed E-state index contributed by atoms with van der Waals surface area (Å²) in [5, 5.41) is 5.48. The fraction of sp³-hybridized carbons (Fsp3) is 0. The molecule has 1 nitrogen and oxygen atoms in total. The summed E-state index contributed by atoms with van der Waals surface area (Å²) in [5.74, 6) is 0. The van der Waals surface area contributed by atoms with Gasteiger partial charge in [0.15, 0.2) is 0 Å². The van der Waals surface area contributed by atoms with Crippen LogP contribution >= 0.6 is 7.92 Å². The van der Waals surface area contributed by atoms with E-state index in [-0.39, 0.29) is 0 Å². The maximum Gasteiger partial charge on any atom is 0.0626 e. The summed E-state index contributed by atoms with van der Waals surface area (Å²) in [5.41, 5.74) is 10.1. The lowest BCUT2D eigenvalue weighted by Crippen LogP contribution is -2.22. The Labute approximate surface area is 235 Å². The van der Waals surface area contributed by atoms with Crippen molar-refractivity contribution in [3.63, 3.8) is 0 Å². The molecule has 8 rings (SSSR count). The average molecular weight is 528 g/mol. The molecule has 7 aromatic rings. The van der Waals surface area contributed by atoms with Crippen molar-refractivity contribution in [2.45, 2.75) is 0 Å². The Bertz CT molecular complexity index is 2000. The Morgan fingerprint density at radius 1 is 0.450 bits per heavy atom. The molecule has 1 unspecified atom stereocenters. The van der Waals surface area contributed by atoms with Gasteiger partial charge in [-0.3, -0.25) is 0 Å². The third-order valence-corrected chi connectivity index (χ3v) is 10.5. The second-order valence-corrected chi connectivity index (χ2v) is 12.3. The molecule has 6 aromatic carbocycles. The summed E-state index contributed by atoms with van der Waals surface area (Å²) in [6, 6.07) is 57.7. The second-order valence-electron chi connectivity index (χ2n) is 10.2. The number of hydrogen-bond acceptors (Lipinski definition) is 0. The van der Waals surface area contributed by atoms with Gasteiger partial charge in [-0.2, -0.15) is 0 Å². The molecule has 1 atom stereocenters. The molecule has 0 aliphatic carbocycles. The van der Waals surface area contributed by atoms with Gasteiger partial charge in [-0.25, -0.2) is 0 Å². The molecule has 40 heavy (non-hydrogen) atoms. The third-order valence-electron chi connectivity index (χ3n) is 7.91. The normalized spacial score (nSPS) is 13.8. The number of rotatable bonds is 3. The lowest BCUT2D eigenvalue weighted by Gasteiger charge is -2.22. The number of hydrogen-bond donors (Lipinski definition) is 0. The van der Waals surface area contributed by atoms with Crippen LogP contribution in [0.2, 0.25) is 0 Å². The van der Waals surface area contributed by atoms with Gasteiger partial charge in [-0.15, -0.1) is 0 Å². The highest BCUT2D eigenvalue weighted by molar-refractivity contribution is 7.80. The Kier molecular flexibility index (Phi) is 5.50. The molecule has 0 N–H and O–H groups in total. The van der Waals surface area contributed by atoms with Crippen LogP contribution in [0.3, 0.4) is 0 Å². The number of fused-ring (bicyclic) bond motifs is 7. The molecule has 2 heterocycles. The highest BCUT2D eigenvalue weighted by atomic mass is 31.1. The second kappa shape index (κ2) is 9.49. The summed E-state index contributed by atoms with van der Waals surface area (Å²) in [7, 11) is -0.738. The van der Waals surface area contributed by atoms with Crippen LogP contribution in [0.1, 0.15) is 0 Å². The molecule has 0 saturated carbocycles. The fourth-order valence-electron chi connectivity index (χ4n) is 6.22. The lowest BCUT2D eigenvalue weighted by atomic mass is 9.98. The first-order valence-corrected chi connectivity index (χ1v) is 15.1. The van der Waals surface area contributed by atoms with E-state index in [1.807, 2.05) is 0 Å². The predicted molar refractivity (Wildman–Crippen MR) is 172 cm³/mol. The van der Waals surface area contributed by atoms with Crippen LogP contribution in [0.4, 0.5) is 0 Å². The van der Waals surface area contributed by atoms with Crippen LogP contribution in [0.15, 0.2) is 158 Å². The Morgan fingerprint density at radius 3 is 1.85 bits per heavy atom. The zero-order valence-electron chi connectivity index (χ0n) is 21.9. The van der Waals surface area contributed by atoms with Gasteiger partial charge in [0.1, 0.15) is 0 Å². The minimum absolute atomic E-state index is 0.738. The maximum atomic E-state index is 2.50. The van der Waals surface area contributed by atoms with Crippen molar-refractivity contribution in [2.75, 3.05) is 0 Å². The molecule has 2 heteroatoms. The summed E-state index contributed by atoms with van der Waals surface area (Å²) in [6.07, 6.45) is 0. The molecule has 1 aromatic heterocycles. The van der Waals surface area contributed by atoms with Crippen molar-refractivity contribution in [1.82, 2.24) is 4.57 Å². The molecule has 0 saturated heterocycles. The molecule has 0 amide bonds. The minimum atomic E-state index is -0.738. The van der Waals surface area contributed by atoms with E-state index in [1.165, 1.54) is 66.0 Å². The van der Waals surface area contributed by atoms with Crippen molar-refractivity contribution in [1.29, 1.82) is 0 Å². The molecule has 1 aliphatic heterocycles. The van der Waals surface area contributed by atoms with Crippen molar-refractivity contribution in [2.24, 2.45) is 0 Å². The Morgan fingerprint density at radius 2 is 1.05 bits per heavy atom. The van der Waals surface area contributed by atoms with Crippen LogP contribution in [0.25, 0.3) is 50.1 Å². The summed E-state index contributed by atoms with van der Waals surface area (Å²) >= 11 is 0. The molecular weight excluding hydrogens is 501 g/mol. The Balaban J connectivity index is 1.50. The standard InChI is InChI=1S/C38H26NP/c1-3-14-27(15-4-1)28-16-13-17-29(26-28)39-34-23-10-7-20-31(34)37-32-21-8-11-24-35(32)40(30-18-5-2-6-19-30)36-25-12-9-22-33(36)38(37)39/h1-26H. The largest absolute Gasteiger partial charge is 0.309 e. The van der Waals surface area contributed by atoms with Gasteiger partial charge in [0, 0.05) is 22.2 Å². The van der Waals surface area contributed by atoms with Gasteiger partial charge in [0.2, 0.25) is 0 Å². The number of para-hydroxylation sites is 1. The van der Waals surface area contributed by atoms with E-state index in [1.54, 1.807) is 0 Å². The zero-order valence-corrected chi connectivity index (χ0v) is 22.8. The first kappa shape index (κ1) is 23.2. The fourth-order valence-corrected chi connectivity index (χ4v) is 8.83. The van der Waals surface area contributed by atoms with E-state index in [0.717, 1.165) is 0 Å². The number of benzene rings is 6. The van der Waals surface area contributed by atoms with Crippen molar-refractivity contribution in [3.8, 4) is 39.2 Å². The van der Waals surface area contributed by atoms with Crippen LogP contribution in [-0.2, 0) is 0 Å². The van der Waals surface area contributed by atoms with Crippen molar-refractivity contribution in [3.05, 3.63) is 158 Å². The first-order valence-electron chi connectivity index (χ1n) is 13.7. The SMILES string of the molecule is c1ccc(-c2cccc(-n3c4c(c5ccccc53)-c3ccccc3P(c3ccccc3)c3ccccc3-4)c2)cc1. The third kappa shape index (κ3) is 3.59. The van der Waals surface area contributed by atoms with Gasteiger partial charge in [-0.05, 0) is 58.7 Å². The van der Waals surface area contributed by atoms with Crippen LogP contribution in [0.5, 0.6) is 0 Å². The Hall–Kier alpha value is -4.71. The van der Waals surface area contributed by atoms with Gasteiger partial charge < -0.3 is 4.57 Å². The molecule has 0 radical (unpaired) electrons. The van der Waals surface area contributed by atoms with Gasteiger partial charge in [-0.1, -0.05) is 140 Å². The first-order chi connectivity index (χ1) is 19.9. The molecule has 0 fully saturated rings. The monoisotopic (exact) mass is 527 g/mol. The highest BCUT2D eigenvalue weighted by Gasteiger charge is 2.32. The quantitative estimate of drug-likeness (QED) is 0.203. The molecule has 0 spiro atoms. The van der Waals surface area contributed by atoms with E-state index in [2.05, 4.69) is 162 Å². The van der Waals surface area contributed by atoms with Crippen molar-refractivity contribution < 1.29 is 0 Å². The maximum absolute atomic E-state index is 2.50. The summed E-state index contributed by atoms with van der Waals surface area (Å²) < 4.78 is 2.50. The van der Waals surface area contributed by atoms with E-state index in [4.69, 9.17) is 0 Å². The van der Waals surface area contributed by atoms with Crippen LogP contribution in [0, 0.1) is 0 Å². The zero-order chi connectivity index (χ0) is 26.5. The van der Waals surface area contributed by atoms with Crippen molar-refractivity contribution >= 4 is 34.7 Å². The predicted octanol–water partition coefficient (Wildman–Crippen LogP) is 8.70. The molecule has 1 aliphatic rings. The van der Waals surface area contributed by atoms with Crippen LogP contribution in [-0.4, -0.2) is 4.57 Å². The molecule has 0 bridgehead atoms. The molecule has 188 valence electrons. The molecular formula is C38H26NP. The van der Waals surface area contributed by atoms with Crippen LogP contribution < -0.4 is 15.9 Å². The van der Waals surface area contributed by atoms with Gasteiger partial charge >= 0.3 is 0 Å². The van der Waals surface area contributed by atoms with E-state index >= 15 is 0 Å². The minimum Gasteiger partial charge on any atom is -0.309 e. The smallest absolute Gasteiger partial charge is 0.0626 e. The lowest BCUT2D eigenvalue weighted by molar-refractivity contribution is 1.14. The summed E-state index contributed by atoms with van der Waals surface area (Å²) in [6.45, 7) is 0. The summed E-state index contributed by atoms with van der Waals surface area (Å²) in [4.78, 5) is 0. The average Bonchev–Trinajstić information content (AvgIpc) is 3.31. The van der Waals surface area contributed by atoms with Gasteiger partial charge in [0.05, 0.1) is 11.2 Å². The highest BCUT2D eigenvalue weighted by Crippen LogP contribution is 2.50. The number of nitrogens with zero attached hydrogens (tertiary/aromatic N) is 1. The van der Waals surface area contributed by atoms with E-state index in [0.29, 0.717) is 0 Å². The van der Waals surface area contributed by atoms with Gasteiger partial charge in [0.25, 0.3) is 0 Å².